The topological polar surface area (TPSA) is 60.9 Å². The summed E-state index contributed by atoms with van der Waals surface area (Å²) in [6.45, 7) is 9.40. The molecule has 1 saturated heterocycles. The number of carbonyl (C=O) groups excluding carboxylic acids is 2. The fraction of sp³-hybridized carbons (Fsp3) is 0.360. The van der Waals surface area contributed by atoms with Gasteiger partial charge in [0, 0.05) is 12.1 Å². The Hall–Kier alpha value is -2.92. The van der Waals surface area contributed by atoms with Crippen molar-refractivity contribution in [3.05, 3.63) is 76.9 Å². The molecule has 1 aliphatic rings. The molecule has 1 unspecified atom stereocenters. The number of hydrogen-bond acceptors (Lipinski definition) is 4. The molecular weight excluding hydrogens is 376 g/mol. The van der Waals surface area contributed by atoms with Crippen molar-refractivity contribution in [3.63, 3.8) is 0 Å². The number of aliphatic hydroxyl groups excluding tert-OH is 1. The van der Waals surface area contributed by atoms with Crippen LogP contribution in [0.25, 0.3) is 5.76 Å². The third-order valence-electron chi connectivity index (χ3n) is 5.75. The van der Waals surface area contributed by atoms with Crippen molar-refractivity contribution in [3.8, 4) is 0 Å². The van der Waals surface area contributed by atoms with E-state index in [1.165, 1.54) is 0 Å². The van der Waals surface area contributed by atoms with E-state index in [1.54, 1.807) is 17.0 Å². The number of nitrogens with zero attached hydrogens (tertiary/aromatic N) is 2. The first-order valence-electron chi connectivity index (χ1n) is 10.6. The van der Waals surface area contributed by atoms with Gasteiger partial charge in [-0.25, -0.2) is 0 Å². The number of Topliss-reactive ketones (excluding diaryl/α,β-unsaturated/α-hetero) is 1. The molecule has 0 aromatic heterocycles. The molecule has 2 aromatic rings. The number of amides is 1. The first-order chi connectivity index (χ1) is 14.5. The van der Waals surface area contributed by atoms with E-state index in [1.807, 2.05) is 49.4 Å². The highest BCUT2D eigenvalue weighted by Gasteiger charge is 2.45. The molecule has 3 rings (SSSR count). The Labute approximate surface area is 178 Å². The van der Waals surface area contributed by atoms with Gasteiger partial charge in [0.05, 0.1) is 11.6 Å². The van der Waals surface area contributed by atoms with Crippen LogP contribution >= 0.6 is 0 Å². The molecule has 0 saturated carbocycles. The molecule has 0 spiro atoms. The van der Waals surface area contributed by atoms with E-state index >= 15 is 0 Å². The molecule has 1 heterocycles. The summed E-state index contributed by atoms with van der Waals surface area (Å²) in [6.07, 6.45) is 0.766. The van der Waals surface area contributed by atoms with Gasteiger partial charge in [0.2, 0.25) is 0 Å². The van der Waals surface area contributed by atoms with Gasteiger partial charge in [-0.15, -0.1) is 0 Å². The SMILES string of the molecule is CCN(CC)CCCN1C(=O)C(=O)/C(=C(/O)c2ccc(C)cc2)C1c1ccccc1. The summed E-state index contributed by atoms with van der Waals surface area (Å²) in [5.41, 5.74) is 2.59. The molecule has 1 aliphatic heterocycles. The van der Waals surface area contributed by atoms with Gasteiger partial charge >= 0.3 is 0 Å². The van der Waals surface area contributed by atoms with Crippen LogP contribution in [-0.2, 0) is 9.59 Å². The molecule has 158 valence electrons. The van der Waals surface area contributed by atoms with Gasteiger partial charge in [-0.05, 0) is 38.5 Å². The number of aliphatic hydroxyl groups is 1. The summed E-state index contributed by atoms with van der Waals surface area (Å²) < 4.78 is 0. The summed E-state index contributed by atoms with van der Waals surface area (Å²) in [5, 5.41) is 11.0. The van der Waals surface area contributed by atoms with E-state index in [4.69, 9.17) is 0 Å². The molecule has 0 radical (unpaired) electrons. The number of aryl methyl sites for hydroxylation is 1. The van der Waals surface area contributed by atoms with Crippen LogP contribution in [0.15, 0.2) is 60.2 Å². The second-order valence-electron chi connectivity index (χ2n) is 7.65. The van der Waals surface area contributed by atoms with E-state index in [9.17, 15) is 14.7 Å². The Balaban J connectivity index is 1.99. The summed E-state index contributed by atoms with van der Waals surface area (Å²) in [7, 11) is 0. The predicted molar refractivity (Wildman–Crippen MR) is 119 cm³/mol. The van der Waals surface area contributed by atoms with Crippen molar-refractivity contribution in [2.24, 2.45) is 0 Å². The predicted octanol–water partition coefficient (Wildman–Crippen LogP) is 4.15. The molecule has 1 amide bonds. The minimum Gasteiger partial charge on any atom is -0.507 e. The van der Waals surface area contributed by atoms with Crippen LogP contribution in [0.2, 0.25) is 0 Å². The number of ketones is 1. The minimum atomic E-state index is -0.621. The van der Waals surface area contributed by atoms with Gasteiger partial charge in [0.25, 0.3) is 11.7 Å². The van der Waals surface area contributed by atoms with Gasteiger partial charge in [-0.2, -0.15) is 0 Å². The molecule has 1 atom stereocenters. The molecule has 2 aromatic carbocycles. The molecule has 1 N–H and O–H groups in total. The average Bonchev–Trinajstić information content (AvgIpc) is 3.02. The van der Waals surface area contributed by atoms with Gasteiger partial charge in [0.15, 0.2) is 0 Å². The number of benzene rings is 2. The summed E-state index contributed by atoms with van der Waals surface area (Å²) in [4.78, 5) is 29.8. The van der Waals surface area contributed by atoms with Crippen LogP contribution in [0.1, 0.15) is 43.0 Å². The maximum atomic E-state index is 13.0. The van der Waals surface area contributed by atoms with Crippen LogP contribution in [0.3, 0.4) is 0 Å². The standard InChI is InChI=1S/C25H30N2O3/c1-4-26(5-2)16-9-17-27-22(19-10-7-6-8-11-19)21(24(29)25(27)30)23(28)20-14-12-18(3)13-15-20/h6-8,10-15,22,28H,4-5,9,16-17H2,1-3H3/b23-21+. The van der Waals surface area contributed by atoms with Crippen molar-refractivity contribution in [2.75, 3.05) is 26.2 Å². The van der Waals surface area contributed by atoms with E-state index in [0.717, 1.165) is 37.2 Å². The maximum absolute atomic E-state index is 13.0. The first-order valence-corrected chi connectivity index (χ1v) is 10.6. The Bertz CT molecular complexity index is 915. The number of likely N-dealkylation sites (tertiary alicyclic amines) is 1. The Morgan fingerprint density at radius 2 is 1.63 bits per heavy atom. The van der Waals surface area contributed by atoms with Gasteiger partial charge in [-0.3, -0.25) is 9.59 Å². The van der Waals surface area contributed by atoms with Gasteiger partial charge in [-0.1, -0.05) is 74.0 Å². The van der Waals surface area contributed by atoms with Crippen LogP contribution < -0.4 is 0 Å². The zero-order valence-corrected chi connectivity index (χ0v) is 18.0. The molecule has 5 nitrogen and oxygen atoms in total. The number of carbonyl (C=O) groups is 2. The third-order valence-corrected chi connectivity index (χ3v) is 5.75. The Kier molecular flexibility index (Phi) is 7.06. The number of rotatable bonds is 8. The zero-order chi connectivity index (χ0) is 21.7. The second kappa shape index (κ2) is 9.72. The molecular formula is C25H30N2O3. The largest absolute Gasteiger partial charge is 0.507 e. The van der Waals surface area contributed by atoms with Crippen molar-refractivity contribution in [1.29, 1.82) is 0 Å². The van der Waals surface area contributed by atoms with Crippen LogP contribution in [0.5, 0.6) is 0 Å². The zero-order valence-electron chi connectivity index (χ0n) is 18.0. The smallest absolute Gasteiger partial charge is 0.295 e. The monoisotopic (exact) mass is 406 g/mol. The molecule has 0 aliphatic carbocycles. The van der Waals surface area contributed by atoms with E-state index in [-0.39, 0.29) is 11.3 Å². The highest BCUT2D eigenvalue weighted by atomic mass is 16.3. The maximum Gasteiger partial charge on any atom is 0.295 e. The fourth-order valence-corrected chi connectivity index (χ4v) is 3.96. The van der Waals surface area contributed by atoms with E-state index in [0.29, 0.717) is 12.1 Å². The second-order valence-corrected chi connectivity index (χ2v) is 7.65. The minimum absolute atomic E-state index is 0.117. The third kappa shape index (κ3) is 4.46. The van der Waals surface area contributed by atoms with Crippen LogP contribution in [-0.4, -0.2) is 52.8 Å². The van der Waals surface area contributed by atoms with Crippen molar-refractivity contribution < 1.29 is 14.7 Å². The lowest BCUT2D eigenvalue weighted by Crippen LogP contribution is -2.33. The first kappa shape index (κ1) is 21.8. The van der Waals surface area contributed by atoms with Gasteiger partial charge < -0.3 is 14.9 Å². The summed E-state index contributed by atoms with van der Waals surface area (Å²) >= 11 is 0. The Morgan fingerprint density at radius 1 is 1.00 bits per heavy atom. The van der Waals surface area contributed by atoms with Gasteiger partial charge in [0.1, 0.15) is 5.76 Å². The van der Waals surface area contributed by atoms with Crippen LogP contribution in [0, 0.1) is 6.92 Å². The normalized spacial score (nSPS) is 18.4. The van der Waals surface area contributed by atoms with E-state index in [2.05, 4.69) is 18.7 Å². The van der Waals surface area contributed by atoms with Crippen molar-refractivity contribution >= 4 is 17.4 Å². The quantitative estimate of drug-likeness (QED) is 0.406. The average molecular weight is 407 g/mol. The fourth-order valence-electron chi connectivity index (χ4n) is 3.96. The molecule has 30 heavy (non-hydrogen) atoms. The summed E-state index contributed by atoms with van der Waals surface area (Å²) in [6, 6.07) is 16.2. The highest BCUT2D eigenvalue weighted by Crippen LogP contribution is 2.39. The lowest BCUT2D eigenvalue weighted by molar-refractivity contribution is -0.140. The van der Waals surface area contributed by atoms with Crippen molar-refractivity contribution in [2.45, 2.75) is 33.2 Å². The Morgan fingerprint density at radius 3 is 2.23 bits per heavy atom. The lowest BCUT2D eigenvalue weighted by Gasteiger charge is -2.26. The molecule has 0 bridgehead atoms. The lowest BCUT2D eigenvalue weighted by atomic mass is 9.95. The molecule has 5 heteroatoms. The van der Waals surface area contributed by atoms with Crippen molar-refractivity contribution in [1.82, 2.24) is 9.80 Å². The highest BCUT2D eigenvalue weighted by molar-refractivity contribution is 6.46. The van der Waals surface area contributed by atoms with E-state index < -0.39 is 17.7 Å². The summed E-state index contributed by atoms with van der Waals surface area (Å²) in [5.74, 6) is -1.28. The molecule has 1 fully saturated rings. The number of hydrogen-bond donors (Lipinski definition) is 1. The van der Waals surface area contributed by atoms with Crippen LogP contribution in [0.4, 0.5) is 0 Å².